The van der Waals surface area contributed by atoms with E-state index in [2.05, 4.69) is 0 Å². The van der Waals surface area contributed by atoms with Crippen molar-refractivity contribution >= 4 is 11.6 Å². The first-order valence-electron chi connectivity index (χ1n) is 5.92. The number of anilines is 1. The molecule has 1 aromatic carbocycles. The van der Waals surface area contributed by atoms with Gasteiger partial charge in [-0.25, -0.2) is 0 Å². The molecule has 0 saturated carbocycles. The van der Waals surface area contributed by atoms with Gasteiger partial charge in [-0.1, -0.05) is 6.07 Å². The highest BCUT2D eigenvalue weighted by molar-refractivity contribution is 5.98. The molecule has 1 aliphatic rings. The highest BCUT2D eigenvalue weighted by Gasteiger charge is 2.26. The van der Waals surface area contributed by atoms with Gasteiger partial charge in [0.25, 0.3) is 5.91 Å². The van der Waals surface area contributed by atoms with Crippen LogP contribution in [0.1, 0.15) is 16.8 Å². The minimum atomic E-state index is -0.0883. The molecular weight excluding hydrogens is 232 g/mol. The third-order valence-corrected chi connectivity index (χ3v) is 3.25. The van der Waals surface area contributed by atoms with E-state index in [0.717, 1.165) is 6.42 Å². The second kappa shape index (κ2) is 5.27. The van der Waals surface area contributed by atoms with Crippen molar-refractivity contribution in [2.45, 2.75) is 12.5 Å². The van der Waals surface area contributed by atoms with Crippen LogP contribution in [0.15, 0.2) is 18.2 Å². The number of carbonyl (C=O) groups is 1. The molecule has 0 aliphatic carbocycles. The third kappa shape index (κ3) is 2.26. The first-order chi connectivity index (χ1) is 8.65. The monoisotopic (exact) mass is 250 g/mol. The number of benzene rings is 1. The lowest BCUT2D eigenvalue weighted by atomic mass is 10.1. The fourth-order valence-electron chi connectivity index (χ4n) is 2.13. The van der Waals surface area contributed by atoms with Crippen molar-refractivity contribution in [3.63, 3.8) is 0 Å². The summed E-state index contributed by atoms with van der Waals surface area (Å²) in [5.74, 6) is 0.350. The maximum absolute atomic E-state index is 12.4. The van der Waals surface area contributed by atoms with Crippen LogP contribution in [0.2, 0.25) is 0 Å². The maximum atomic E-state index is 12.4. The summed E-state index contributed by atoms with van der Waals surface area (Å²) >= 11 is 0. The molecule has 18 heavy (non-hydrogen) atoms. The van der Waals surface area contributed by atoms with Crippen molar-refractivity contribution in [3.05, 3.63) is 23.8 Å². The van der Waals surface area contributed by atoms with Gasteiger partial charge in [0, 0.05) is 13.7 Å². The van der Waals surface area contributed by atoms with Crippen molar-refractivity contribution in [2.75, 3.05) is 33.1 Å². The average Bonchev–Trinajstić information content (AvgIpc) is 2.90. The van der Waals surface area contributed by atoms with Crippen molar-refractivity contribution in [2.24, 2.45) is 0 Å². The van der Waals surface area contributed by atoms with Gasteiger partial charge in [0.1, 0.15) is 0 Å². The van der Waals surface area contributed by atoms with Gasteiger partial charge in [-0.3, -0.25) is 4.79 Å². The number of nitrogen functional groups attached to an aromatic ring is 1. The zero-order chi connectivity index (χ0) is 13.1. The fourth-order valence-corrected chi connectivity index (χ4v) is 2.13. The smallest absolute Gasteiger partial charge is 0.257 e. The molecule has 1 fully saturated rings. The van der Waals surface area contributed by atoms with Gasteiger partial charge in [-0.2, -0.15) is 0 Å². The second-order valence-electron chi connectivity index (χ2n) is 4.36. The molecule has 2 rings (SSSR count). The number of nitrogens with two attached hydrogens (primary N) is 1. The Labute approximate surface area is 106 Å². The molecule has 0 radical (unpaired) electrons. The van der Waals surface area contributed by atoms with Crippen molar-refractivity contribution in [1.82, 2.24) is 4.90 Å². The zero-order valence-electron chi connectivity index (χ0n) is 10.7. The summed E-state index contributed by atoms with van der Waals surface area (Å²) in [6.07, 6.45) is 0.868. The zero-order valence-corrected chi connectivity index (χ0v) is 10.7. The number of amides is 1. The summed E-state index contributed by atoms with van der Waals surface area (Å²) in [5, 5.41) is 0. The number of ether oxygens (including phenoxy) is 2. The predicted octanol–water partition coefficient (Wildman–Crippen LogP) is 1.14. The van der Waals surface area contributed by atoms with E-state index in [1.165, 1.54) is 7.11 Å². The summed E-state index contributed by atoms with van der Waals surface area (Å²) in [6, 6.07) is 5.32. The summed E-state index contributed by atoms with van der Waals surface area (Å²) in [7, 11) is 3.30. The Morgan fingerprint density at radius 1 is 1.56 bits per heavy atom. The molecule has 1 aliphatic heterocycles. The van der Waals surface area contributed by atoms with Gasteiger partial charge in [-0.05, 0) is 18.6 Å². The standard InChI is InChI=1S/C13H18N2O3/c1-15(9-6-7-18-8-9)13(16)10-4-3-5-11(14)12(10)17-2/h3-5,9H,6-8,14H2,1-2H3. The number of nitrogens with zero attached hydrogens (tertiary/aromatic N) is 1. The Balaban J connectivity index is 2.25. The minimum Gasteiger partial charge on any atom is -0.494 e. The lowest BCUT2D eigenvalue weighted by Gasteiger charge is -2.24. The largest absolute Gasteiger partial charge is 0.494 e. The van der Waals surface area contributed by atoms with E-state index in [4.69, 9.17) is 15.2 Å². The lowest BCUT2D eigenvalue weighted by molar-refractivity contribution is 0.0708. The van der Waals surface area contributed by atoms with Crippen LogP contribution in [-0.4, -0.2) is 44.2 Å². The van der Waals surface area contributed by atoms with Crippen LogP contribution < -0.4 is 10.5 Å². The van der Waals surface area contributed by atoms with Crippen LogP contribution in [0.4, 0.5) is 5.69 Å². The lowest BCUT2D eigenvalue weighted by Crippen LogP contribution is -2.37. The first-order valence-corrected chi connectivity index (χ1v) is 5.92. The van der Waals surface area contributed by atoms with Crippen LogP contribution in [0.25, 0.3) is 0 Å². The van der Waals surface area contributed by atoms with Gasteiger partial charge >= 0.3 is 0 Å². The number of hydrogen-bond donors (Lipinski definition) is 1. The van der Waals surface area contributed by atoms with Crippen molar-refractivity contribution in [1.29, 1.82) is 0 Å². The average molecular weight is 250 g/mol. The molecule has 98 valence electrons. The molecule has 5 nitrogen and oxygen atoms in total. The molecule has 1 unspecified atom stereocenters. The van der Waals surface area contributed by atoms with Crippen LogP contribution in [0.5, 0.6) is 5.75 Å². The summed E-state index contributed by atoms with van der Waals surface area (Å²) < 4.78 is 10.5. The van der Waals surface area contributed by atoms with Crippen LogP contribution in [-0.2, 0) is 4.74 Å². The van der Waals surface area contributed by atoms with E-state index < -0.39 is 0 Å². The van der Waals surface area contributed by atoms with Gasteiger partial charge in [-0.15, -0.1) is 0 Å². The Morgan fingerprint density at radius 3 is 2.94 bits per heavy atom. The van der Waals surface area contributed by atoms with E-state index in [1.807, 2.05) is 0 Å². The van der Waals surface area contributed by atoms with E-state index >= 15 is 0 Å². The number of rotatable bonds is 3. The van der Waals surface area contributed by atoms with Gasteiger partial charge in [0.15, 0.2) is 5.75 Å². The fraction of sp³-hybridized carbons (Fsp3) is 0.462. The minimum absolute atomic E-state index is 0.0883. The van der Waals surface area contributed by atoms with E-state index in [-0.39, 0.29) is 11.9 Å². The third-order valence-electron chi connectivity index (χ3n) is 3.25. The predicted molar refractivity (Wildman–Crippen MR) is 68.7 cm³/mol. The van der Waals surface area contributed by atoms with Gasteiger partial charge < -0.3 is 20.1 Å². The molecule has 0 aromatic heterocycles. The molecule has 1 aromatic rings. The summed E-state index contributed by atoms with van der Waals surface area (Å²) in [6.45, 7) is 1.29. The number of hydrogen-bond acceptors (Lipinski definition) is 4. The molecule has 1 amide bonds. The number of methoxy groups -OCH3 is 1. The molecule has 0 bridgehead atoms. The quantitative estimate of drug-likeness (QED) is 0.817. The molecule has 0 spiro atoms. The Morgan fingerprint density at radius 2 is 2.33 bits per heavy atom. The van der Waals surface area contributed by atoms with E-state index in [0.29, 0.717) is 30.2 Å². The molecule has 1 saturated heterocycles. The number of likely N-dealkylation sites (N-methyl/N-ethyl adjacent to an activating group) is 1. The summed E-state index contributed by atoms with van der Waals surface area (Å²) in [5.41, 5.74) is 6.77. The van der Waals surface area contributed by atoms with Gasteiger partial charge in [0.2, 0.25) is 0 Å². The van der Waals surface area contributed by atoms with Crippen LogP contribution in [0, 0.1) is 0 Å². The first kappa shape index (κ1) is 12.7. The van der Waals surface area contributed by atoms with Crippen molar-refractivity contribution < 1.29 is 14.3 Å². The van der Waals surface area contributed by atoms with Gasteiger partial charge in [0.05, 0.1) is 31.0 Å². The van der Waals surface area contributed by atoms with Crippen LogP contribution in [0.3, 0.4) is 0 Å². The highest BCUT2D eigenvalue weighted by atomic mass is 16.5. The Kier molecular flexibility index (Phi) is 3.72. The highest BCUT2D eigenvalue weighted by Crippen LogP contribution is 2.27. The Hall–Kier alpha value is -1.75. The van der Waals surface area contributed by atoms with Crippen LogP contribution >= 0.6 is 0 Å². The Bertz CT molecular complexity index is 442. The SMILES string of the molecule is COc1c(N)cccc1C(=O)N(C)C1CCOC1. The molecular formula is C13H18N2O3. The molecule has 2 N–H and O–H groups in total. The maximum Gasteiger partial charge on any atom is 0.257 e. The molecule has 5 heteroatoms. The summed E-state index contributed by atoms with van der Waals surface area (Å²) in [4.78, 5) is 14.1. The topological polar surface area (TPSA) is 64.8 Å². The molecule has 1 heterocycles. The van der Waals surface area contributed by atoms with E-state index in [9.17, 15) is 4.79 Å². The second-order valence-corrected chi connectivity index (χ2v) is 4.36. The number of para-hydroxylation sites is 1. The molecule has 1 atom stereocenters. The normalized spacial score (nSPS) is 18.7. The van der Waals surface area contributed by atoms with Crippen molar-refractivity contribution in [3.8, 4) is 5.75 Å². The van der Waals surface area contributed by atoms with E-state index in [1.54, 1.807) is 30.1 Å². The number of carbonyl (C=O) groups excluding carboxylic acids is 1.